The summed E-state index contributed by atoms with van der Waals surface area (Å²) in [6.07, 6.45) is 0. The Morgan fingerprint density at radius 2 is 1.47 bits per heavy atom. The van der Waals surface area contributed by atoms with Gasteiger partial charge in [-0.2, -0.15) is 0 Å². The highest BCUT2D eigenvalue weighted by Gasteiger charge is 2.37. The SMILES string of the molecule is CCN1C(=O)C(=O)c2cc(OC)c(OC)cc2C1=O. The molecule has 0 aliphatic carbocycles. The van der Waals surface area contributed by atoms with Crippen LogP contribution in [0.5, 0.6) is 11.5 Å². The van der Waals surface area contributed by atoms with Gasteiger partial charge in [0.15, 0.2) is 11.5 Å². The summed E-state index contributed by atoms with van der Waals surface area (Å²) >= 11 is 0. The van der Waals surface area contributed by atoms with Gasteiger partial charge in [0, 0.05) is 12.1 Å². The molecule has 0 fully saturated rings. The van der Waals surface area contributed by atoms with Gasteiger partial charge in [0.2, 0.25) is 0 Å². The number of hydrogen-bond donors (Lipinski definition) is 0. The highest BCUT2D eigenvalue weighted by Crippen LogP contribution is 2.33. The molecule has 0 aromatic heterocycles. The molecule has 1 heterocycles. The van der Waals surface area contributed by atoms with Crippen LogP contribution in [0.3, 0.4) is 0 Å². The maximum Gasteiger partial charge on any atom is 0.301 e. The van der Waals surface area contributed by atoms with Crippen LogP contribution in [-0.4, -0.2) is 43.3 Å². The van der Waals surface area contributed by atoms with E-state index < -0.39 is 17.6 Å². The minimum Gasteiger partial charge on any atom is -0.493 e. The predicted octanol–water partition coefficient (Wildman–Crippen LogP) is 0.889. The van der Waals surface area contributed by atoms with E-state index in [0.29, 0.717) is 11.5 Å². The topological polar surface area (TPSA) is 72.9 Å². The molecule has 6 nitrogen and oxygen atoms in total. The van der Waals surface area contributed by atoms with Crippen molar-refractivity contribution in [1.29, 1.82) is 0 Å². The third-order valence-corrected chi connectivity index (χ3v) is 3.00. The summed E-state index contributed by atoms with van der Waals surface area (Å²) in [4.78, 5) is 36.8. The molecular formula is C13H13NO5. The van der Waals surface area contributed by atoms with Gasteiger partial charge in [-0.05, 0) is 19.1 Å². The largest absolute Gasteiger partial charge is 0.493 e. The molecule has 2 amide bonds. The van der Waals surface area contributed by atoms with Crippen molar-refractivity contribution in [2.45, 2.75) is 6.92 Å². The summed E-state index contributed by atoms with van der Waals surface area (Å²) in [5.41, 5.74) is 0.210. The van der Waals surface area contributed by atoms with E-state index in [2.05, 4.69) is 0 Å². The number of methoxy groups -OCH3 is 2. The Morgan fingerprint density at radius 1 is 0.947 bits per heavy atom. The Balaban J connectivity index is 2.66. The number of hydrogen-bond acceptors (Lipinski definition) is 5. The van der Waals surface area contributed by atoms with Crippen molar-refractivity contribution in [2.24, 2.45) is 0 Å². The van der Waals surface area contributed by atoms with E-state index in [1.807, 2.05) is 0 Å². The van der Waals surface area contributed by atoms with Crippen LogP contribution >= 0.6 is 0 Å². The number of fused-ring (bicyclic) bond motifs is 1. The van der Waals surface area contributed by atoms with Crippen LogP contribution in [0.25, 0.3) is 0 Å². The number of nitrogens with zero attached hydrogens (tertiary/aromatic N) is 1. The van der Waals surface area contributed by atoms with Crippen LogP contribution in [0.1, 0.15) is 27.6 Å². The molecule has 1 aromatic carbocycles. The number of benzene rings is 1. The lowest BCUT2D eigenvalue weighted by atomic mass is 9.96. The Kier molecular flexibility index (Phi) is 3.25. The molecule has 0 radical (unpaired) electrons. The second kappa shape index (κ2) is 4.72. The maximum absolute atomic E-state index is 12.1. The van der Waals surface area contributed by atoms with E-state index in [1.165, 1.54) is 26.4 Å². The molecule has 0 bridgehead atoms. The Bertz CT molecular complexity index is 579. The van der Waals surface area contributed by atoms with Crippen molar-refractivity contribution in [3.63, 3.8) is 0 Å². The summed E-state index contributed by atoms with van der Waals surface area (Å²) < 4.78 is 10.2. The van der Waals surface area contributed by atoms with Crippen LogP contribution in [0.15, 0.2) is 12.1 Å². The standard InChI is InChI=1S/C13H13NO5/c1-4-14-12(16)8-6-10(19-3)9(18-2)5-7(8)11(15)13(14)17/h5-6H,4H2,1-3H3. The molecule has 100 valence electrons. The number of carbonyl (C=O) groups excluding carboxylic acids is 3. The zero-order chi connectivity index (χ0) is 14.2. The lowest BCUT2D eigenvalue weighted by molar-refractivity contribution is -0.124. The van der Waals surface area contributed by atoms with Crippen molar-refractivity contribution in [1.82, 2.24) is 4.90 Å². The first kappa shape index (κ1) is 13.1. The number of imide groups is 1. The average molecular weight is 263 g/mol. The molecule has 0 spiro atoms. The minimum absolute atomic E-state index is 0.0531. The Labute approximate surface area is 109 Å². The van der Waals surface area contributed by atoms with Crippen LogP contribution in [0, 0.1) is 0 Å². The zero-order valence-corrected chi connectivity index (χ0v) is 10.9. The lowest BCUT2D eigenvalue weighted by Gasteiger charge is -2.25. The third-order valence-electron chi connectivity index (χ3n) is 3.00. The molecule has 19 heavy (non-hydrogen) atoms. The molecule has 0 N–H and O–H groups in total. The molecule has 1 aliphatic rings. The van der Waals surface area contributed by atoms with Gasteiger partial charge >= 0.3 is 5.91 Å². The summed E-state index contributed by atoms with van der Waals surface area (Å²) in [5, 5.41) is 0. The highest BCUT2D eigenvalue weighted by molar-refractivity contribution is 6.49. The van der Waals surface area contributed by atoms with Gasteiger partial charge in [0.05, 0.1) is 19.8 Å². The molecule has 0 saturated heterocycles. The summed E-state index contributed by atoms with van der Waals surface area (Å²) in [7, 11) is 2.85. The molecular weight excluding hydrogens is 250 g/mol. The number of ketones is 1. The van der Waals surface area contributed by atoms with E-state index in [4.69, 9.17) is 9.47 Å². The smallest absolute Gasteiger partial charge is 0.301 e. The number of Topliss-reactive ketones (excluding diaryl/α,β-unsaturated/α-hetero) is 1. The first-order valence-corrected chi connectivity index (χ1v) is 5.71. The number of likely N-dealkylation sites (N-methyl/N-ethyl adjacent to an activating group) is 1. The predicted molar refractivity (Wildman–Crippen MR) is 65.6 cm³/mol. The third kappa shape index (κ3) is 1.85. The van der Waals surface area contributed by atoms with Crippen molar-refractivity contribution in [3.05, 3.63) is 23.3 Å². The fourth-order valence-electron chi connectivity index (χ4n) is 2.01. The van der Waals surface area contributed by atoms with Crippen molar-refractivity contribution >= 4 is 17.6 Å². The highest BCUT2D eigenvalue weighted by atomic mass is 16.5. The fraction of sp³-hybridized carbons (Fsp3) is 0.308. The normalized spacial score (nSPS) is 14.5. The molecule has 0 unspecified atom stereocenters. The van der Waals surface area contributed by atoms with Gasteiger partial charge in [0.1, 0.15) is 0 Å². The zero-order valence-electron chi connectivity index (χ0n) is 10.9. The van der Waals surface area contributed by atoms with Crippen molar-refractivity contribution in [2.75, 3.05) is 20.8 Å². The second-order valence-corrected chi connectivity index (χ2v) is 3.94. The summed E-state index contributed by atoms with van der Waals surface area (Å²) in [5.74, 6) is -1.37. The average Bonchev–Trinajstić information content (AvgIpc) is 2.44. The molecule has 0 atom stereocenters. The van der Waals surface area contributed by atoms with Gasteiger partial charge < -0.3 is 9.47 Å². The number of amides is 2. The van der Waals surface area contributed by atoms with Gasteiger partial charge in [0.25, 0.3) is 11.7 Å². The maximum atomic E-state index is 12.1. The molecule has 2 rings (SSSR count). The minimum atomic E-state index is -0.813. The molecule has 6 heteroatoms. The van der Waals surface area contributed by atoms with Gasteiger partial charge in [-0.15, -0.1) is 0 Å². The molecule has 0 saturated carbocycles. The van der Waals surface area contributed by atoms with Gasteiger partial charge in [-0.25, -0.2) is 0 Å². The molecule has 1 aromatic rings. The summed E-state index contributed by atoms with van der Waals surface area (Å²) in [6, 6.07) is 2.78. The fourth-order valence-corrected chi connectivity index (χ4v) is 2.01. The van der Waals surface area contributed by atoms with E-state index in [-0.39, 0.29) is 17.7 Å². The molecule has 1 aliphatic heterocycles. The van der Waals surface area contributed by atoms with Crippen LogP contribution in [-0.2, 0) is 4.79 Å². The van der Waals surface area contributed by atoms with E-state index >= 15 is 0 Å². The number of rotatable bonds is 3. The van der Waals surface area contributed by atoms with Crippen molar-refractivity contribution < 1.29 is 23.9 Å². The first-order chi connectivity index (χ1) is 9.04. The van der Waals surface area contributed by atoms with Crippen LogP contribution < -0.4 is 9.47 Å². The Morgan fingerprint density at radius 3 is 1.95 bits per heavy atom. The van der Waals surface area contributed by atoms with Crippen LogP contribution in [0.2, 0.25) is 0 Å². The summed E-state index contributed by atoms with van der Waals surface area (Å²) in [6.45, 7) is 1.78. The monoisotopic (exact) mass is 263 g/mol. The quantitative estimate of drug-likeness (QED) is 0.598. The van der Waals surface area contributed by atoms with E-state index in [9.17, 15) is 14.4 Å². The number of carbonyl (C=O) groups is 3. The lowest BCUT2D eigenvalue weighted by Crippen LogP contribution is -2.46. The second-order valence-electron chi connectivity index (χ2n) is 3.94. The first-order valence-electron chi connectivity index (χ1n) is 5.71. The number of ether oxygens (including phenoxy) is 2. The van der Waals surface area contributed by atoms with Crippen molar-refractivity contribution in [3.8, 4) is 11.5 Å². The van der Waals surface area contributed by atoms with Crippen LogP contribution in [0.4, 0.5) is 0 Å². The van der Waals surface area contributed by atoms with E-state index in [0.717, 1.165) is 4.90 Å². The van der Waals surface area contributed by atoms with E-state index in [1.54, 1.807) is 6.92 Å². The van der Waals surface area contributed by atoms with Gasteiger partial charge in [-0.1, -0.05) is 0 Å². The Hall–Kier alpha value is -2.37. The van der Waals surface area contributed by atoms with Gasteiger partial charge in [-0.3, -0.25) is 19.3 Å².